The molecule has 0 radical (unpaired) electrons. The number of hydrogen-bond donors (Lipinski definition) is 0. The second kappa shape index (κ2) is 20.7. The highest BCUT2D eigenvalue weighted by Crippen LogP contribution is 2.39. The Bertz CT molecular complexity index is 462. The predicted octanol–water partition coefficient (Wildman–Crippen LogP) is 6.03. The van der Waals surface area contributed by atoms with Crippen LogP contribution < -0.4 is 4.89 Å². The molecule has 0 N–H and O–H groups in total. The Labute approximate surface area is 203 Å². The molecule has 0 saturated carbocycles. The Morgan fingerprint density at radius 1 is 0.781 bits per heavy atom. The van der Waals surface area contributed by atoms with Crippen LogP contribution in [-0.4, -0.2) is 69.6 Å². The fraction of sp³-hybridized carbons (Fsp3) is 1.00. The fourth-order valence-corrected chi connectivity index (χ4v) is 5.02. The largest absolute Gasteiger partial charge is 0.756 e. The second-order valence-electron chi connectivity index (χ2n) is 9.69. The molecule has 0 aromatic rings. The number of likely N-dealkylation sites (N-methyl/N-ethyl adjacent to an activating group) is 1. The highest BCUT2D eigenvalue weighted by molar-refractivity contribution is 7.99. The van der Waals surface area contributed by atoms with E-state index in [0.717, 1.165) is 25.2 Å². The summed E-state index contributed by atoms with van der Waals surface area (Å²) in [5, 5.41) is 0.00926. The lowest BCUT2D eigenvalue weighted by atomic mass is 10.1. The Hall–Kier alpha value is 0.380. The summed E-state index contributed by atoms with van der Waals surface area (Å²) in [6.07, 6.45) is 14.9. The molecule has 0 aromatic heterocycles. The summed E-state index contributed by atoms with van der Waals surface area (Å²) in [7, 11) is 1.71. The summed E-state index contributed by atoms with van der Waals surface area (Å²) < 4.78 is 28.9. The van der Waals surface area contributed by atoms with Crippen LogP contribution in [0, 0.1) is 0 Å². The van der Waals surface area contributed by atoms with Crippen molar-refractivity contribution in [2.45, 2.75) is 96.1 Å². The van der Waals surface area contributed by atoms with E-state index in [1.165, 1.54) is 64.2 Å². The van der Waals surface area contributed by atoms with Gasteiger partial charge in [-0.2, -0.15) is 11.8 Å². The molecule has 0 heterocycles. The van der Waals surface area contributed by atoms with Crippen molar-refractivity contribution >= 4 is 19.6 Å². The van der Waals surface area contributed by atoms with Crippen LogP contribution in [0.5, 0.6) is 0 Å². The molecule has 32 heavy (non-hydrogen) atoms. The monoisotopic (exact) mass is 497 g/mol. The molecule has 0 rings (SSSR count). The number of unbranched alkanes of at least 4 members (excludes halogenated alkanes) is 10. The second-order valence-corrected chi connectivity index (χ2v) is 12.5. The van der Waals surface area contributed by atoms with Crippen molar-refractivity contribution in [2.24, 2.45) is 0 Å². The summed E-state index contributed by atoms with van der Waals surface area (Å²) in [6.45, 7) is 6.56. The van der Waals surface area contributed by atoms with Gasteiger partial charge in [-0.3, -0.25) is 4.57 Å². The third-order valence-electron chi connectivity index (χ3n) is 5.23. The number of phosphoric ester groups is 1. The van der Waals surface area contributed by atoms with E-state index in [4.69, 9.17) is 13.8 Å². The molecule has 0 aliphatic carbocycles. The third kappa shape index (κ3) is 23.5. The Morgan fingerprint density at radius 2 is 1.34 bits per heavy atom. The van der Waals surface area contributed by atoms with E-state index >= 15 is 0 Å². The van der Waals surface area contributed by atoms with Crippen molar-refractivity contribution in [1.29, 1.82) is 0 Å². The lowest BCUT2D eigenvalue weighted by Crippen LogP contribution is -2.37. The van der Waals surface area contributed by atoms with Gasteiger partial charge in [-0.05, 0) is 18.6 Å². The maximum Gasteiger partial charge on any atom is 0.268 e. The number of rotatable bonds is 24. The van der Waals surface area contributed by atoms with Crippen LogP contribution in [0.2, 0.25) is 0 Å². The van der Waals surface area contributed by atoms with Crippen LogP contribution in [0.1, 0.15) is 90.9 Å². The Balaban J connectivity index is 4.25. The van der Waals surface area contributed by atoms with E-state index in [0.29, 0.717) is 17.6 Å². The summed E-state index contributed by atoms with van der Waals surface area (Å²) in [5.41, 5.74) is 0. The number of thioether (sulfide) groups is 1. The first kappa shape index (κ1) is 32.4. The lowest BCUT2D eigenvalue weighted by Gasteiger charge is -2.28. The molecule has 194 valence electrons. The van der Waals surface area contributed by atoms with Gasteiger partial charge in [0.1, 0.15) is 13.2 Å². The van der Waals surface area contributed by atoms with Crippen LogP contribution in [0.4, 0.5) is 0 Å². The number of ether oxygens (including phenoxy) is 1. The molecule has 0 spiro atoms. The third-order valence-corrected chi connectivity index (χ3v) is 7.46. The van der Waals surface area contributed by atoms with Crippen LogP contribution in [-0.2, 0) is 18.3 Å². The van der Waals surface area contributed by atoms with E-state index in [2.05, 4.69) is 13.8 Å². The molecule has 2 unspecified atom stereocenters. The highest BCUT2D eigenvalue weighted by atomic mass is 32.2. The van der Waals surface area contributed by atoms with Gasteiger partial charge in [-0.25, -0.2) is 0 Å². The standard InChI is InChI=1S/C24H52NO5PS/c1-6-8-10-12-14-16-19-28-22-24(32-21-17-15-13-11-9-7-2)23-30-31(26,27)29-20-18-25(3,4)5/h24H,6-23H2,1-5H3. The lowest BCUT2D eigenvalue weighted by molar-refractivity contribution is -0.870. The van der Waals surface area contributed by atoms with Crippen molar-refractivity contribution in [2.75, 3.05) is 59.9 Å². The van der Waals surface area contributed by atoms with Gasteiger partial charge in [-0.15, -0.1) is 0 Å². The van der Waals surface area contributed by atoms with Gasteiger partial charge in [0.15, 0.2) is 0 Å². The Kier molecular flexibility index (Phi) is 21.0. The zero-order chi connectivity index (χ0) is 24.1. The maximum absolute atomic E-state index is 12.1. The van der Waals surface area contributed by atoms with E-state index in [-0.39, 0.29) is 18.5 Å². The average Bonchev–Trinajstić information content (AvgIpc) is 2.71. The summed E-state index contributed by atoms with van der Waals surface area (Å²) in [5.74, 6) is 1.01. The van der Waals surface area contributed by atoms with E-state index in [1.807, 2.05) is 21.1 Å². The molecule has 0 aromatic carbocycles. The minimum atomic E-state index is -4.28. The molecule has 0 amide bonds. The Morgan fingerprint density at radius 3 is 1.94 bits per heavy atom. The van der Waals surface area contributed by atoms with Gasteiger partial charge in [0.25, 0.3) is 7.82 Å². The molecular weight excluding hydrogens is 445 g/mol. The van der Waals surface area contributed by atoms with Crippen molar-refractivity contribution in [3.8, 4) is 0 Å². The van der Waals surface area contributed by atoms with Crippen LogP contribution in [0.3, 0.4) is 0 Å². The van der Waals surface area contributed by atoms with Gasteiger partial charge in [0, 0.05) is 6.61 Å². The summed E-state index contributed by atoms with van der Waals surface area (Å²) >= 11 is 1.76. The molecule has 8 heteroatoms. The molecule has 2 atom stereocenters. The van der Waals surface area contributed by atoms with Gasteiger partial charge in [-0.1, -0.05) is 78.1 Å². The fourth-order valence-electron chi connectivity index (χ4n) is 3.11. The van der Waals surface area contributed by atoms with Gasteiger partial charge < -0.3 is 23.2 Å². The topological polar surface area (TPSA) is 67.8 Å². The number of phosphoric acid groups is 1. The summed E-state index contributed by atoms with van der Waals surface area (Å²) in [6, 6.07) is 0. The molecule has 0 aliphatic heterocycles. The zero-order valence-corrected chi connectivity index (χ0v) is 23.4. The van der Waals surface area contributed by atoms with Gasteiger partial charge in [0.2, 0.25) is 0 Å². The zero-order valence-electron chi connectivity index (χ0n) is 21.6. The van der Waals surface area contributed by atoms with Crippen molar-refractivity contribution in [3.63, 3.8) is 0 Å². The molecular formula is C24H52NO5PS. The van der Waals surface area contributed by atoms with Crippen LogP contribution in [0.25, 0.3) is 0 Å². The van der Waals surface area contributed by atoms with Crippen LogP contribution in [0.15, 0.2) is 0 Å². The predicted molar refractivity (Wildman–Crippen MR) is 136 cm³/mol. The van der Waals surface area contributed by atoms with Crippen molar-refractivity contribution in [1.82, 2.24) is 0 Å². The number of quaternary nitrogens is 1. The smallest absolute Gasteiger partial charge is 0.268 e. The highest BCUT2D eigenvalue weighted by Gasteiger charge is 2.17. The number of hydrogen-bond acceptors (Lipinski definition) is 6. The number of nitrogens with zero attached hydrogens (tertiary/aromatic N) is 1. The van der Waals surface area contributed by atoms with E-state index in [9.17, 15) is 9.46 Å². The first-order chi connectivity index (χ1) is 15.2. The normalized spacial score (nSPS) is 15.1. The average molecular weight is 498 g/mol. The first-order valence-corrected chi connectivity index (χ1v) is 15.3. The van der Waals surface area contributed by atoms with Crippen molar-refractivity contribution in [3.05, 3.63) is 0 Å². The first-order valence-electron chi connectivity index (χ1n) is 12.8. The minimum Gasteiger partial charge on any atom is -0.756 e. The summed E-state index contributed by atoms with van der Waals surface area (Å²) in [4.78, 5) is 12.1. The SMILES string of the molecule is CCCCCCCCOCC(COP(=O)([O-])OCC[N+](C)(C)C)SCCCCCCCC. The molecule has 0 bridgehead atoms. The molecule has 0 aliphatic rings. The maximum atomic E-state index is 12.1. The molecule has 6 nitrogen and oxygen atoms in total. The van der Waals surface area contributed by atoms with Crippen LogP contribution >= 0.6 is 19.6 Å². The minimum absolute atomic E-state index is 0.00926. The van der Waals surface area contributed by atoms with E-state index < -0.39 is 7.82 Å². The van der Waals surface area contributed by atoms with Gasteiger partial charge >= 0.3 is 0 Å². The molecule has 0 saturated heterocycles. The molecule has 0 fully saturated rings. The van der Waals surface area contributed by atoms with E-state index in [1.54, 1.807) is 11.8 Å². The van der Waals surface area contributed by atoms with Crippen molar-refractivity contribution < 1.29 is 27.7 Å². The van der Waals surface area contributed by atoms with Gasteiger partial charge in [0.05, 0.1) is 39.6 Å². The quantitative estimate of drug-likeness (QED) is 0.0921.